The van der Waals surface area contributed by atoms with Gasteiger partial charge in [-0.15, -0.1) is 0 Å². The number of nitrogens with zero attached hydrogens (tertiary/aromatic N) is 3. The second kappa shape index (κ2) is 10.3. The number of hydrogen-bond donors (Lipinski definition) is 1. The zero-order chi connectivity index (χ0) is 24.1. The molecule has 0 bridgehead atoms. The predicted molar refractivity (Wildman–Crippen MR) is 126 cm³/mol. The molecule has 1 N–H and O–H groups in total. The molecule has 0 aliphatic carbocycles. The van der Waals surface area contributed by atoms with Crippen molar-refractivity contribution in [3.05, 3.63) is 54.1 Å². The largest absolute Gasteiger partial charge is 0.385 e. The van der Waals surface area contributed by atoms with Crippen LogP contribution in [0.3, 0.4) is 0 Å². The van der Waals surface area contributed by atoms with Crippen molar-refractivity contribution in [3.8, 4) is 0 Å². The number of amides is 2. The van der Waals surface area contributed by atoms with Gasteiger partial charge in [-0.2, -0.15) is 4.31 Å². The highest BCUT2D eigenvalue weighted by atomic mass is 32.2. The van der Waals surface area contributed by atoms with Crippen LogP contribution < -0.4 is 10.2 Å². The predicted octanol–water partition coefficient (Wildman–Crippen LogP) is 1.82. The summed E-state index contributed by atoms with van der Waals surface area (Å²) in [6, 6.07) is 13.2. The number of benzene rings is 2. The maximum absolute atomic E-state index is 12.7. The highest BCUT2D eigenvalue weighted by Gasteiger charge is 2.33. The van der Waals surface area contributed by atoms with Crippen LogP contribution in [0.5, 0.6) is 0 Å². The summed E-state index contributed by atoms with van der Waals surface area (Å²) >= 11 is 0. The third kappa shape index (κ3) is 4.96. The molecule has 1 fully saturated rings. The Bertz CT molecular complexity index is 1190. The zero-order valence-corrected chi connectivity index (χ0v) is 19.6. The maximum atomic E-state index is 12.7. The van der Waals surface area contributed by atoms with Crippen molar-refractivity contribution in [2.45, 2.75) is 18.2 Å². The van der Waals surface area contributed by atoms with Crippen molar-refractivity contribution in [3.63, 3.8) is 0 Å². The molecule has 2 amide bonds. The molecule has 1 saturated heterocycles. The maximum Gasteiger partial charge on any atom is 0.281 e. The van der Waals surface area contributed by atoms with Gasteiger partial charge in [0, 0.05) is 30.9 Å². The molecule has 2 aliphatic heterocycles. The first kappa shape index (κ1) is 23.9. The van der Waals surface area contributed by atoms with Crippen molar-refractivity contribution in [2.75, 3.05) is 49.7 Å². The first-order chi connectivity index (χ1) is 16.4. The first-order valence-electron chi connectivity index (χ1n) is 11.0. The minimum atomic E-state index is -3.61. The molecule has 10 nitrogen and oxygen atoms in total. The lowest BCUT2D eigenvalue weighted by atomic mass is 10.1. The van der Waals surface area contributed by atoms with Gasteiger partial charge in [-0.25, -0.2) is 8.42 Å². The molecule has 0 unspecified atom stereocenters. The van der Waals surface area contributed by atoms with Gasteiger partial charge in [0.05, 0.1) is 23.8 Å². The van der Waals surface area contributed by atoms with E-state index in [-0.39, 0.29) is 16.5 Å². The summed E-state index contributed by atoms with van der Waals surface area (Å²) in [4.78, 5) is 31.9. The smallest absolute Gasteiger partial charge is 0.281 e. The van der Waals surface area contributed by atoms with E-state index in [0.717, 1.165) is 12.1 Å². The standard InChI is InChI=1S/C23H26N4O6S/c1-2-11-27-20-6-4-3-5-19(20)22(23(27)29)25-33-16-21(28)24-17-7-9-18(10-8-17)34(30,31)26-12-14-32-15-13-26/h3-10H,2,11-16H2,1H3,(H,24,28)/b25-22-. The fourth-order valence-corrected chi connectivity index (χ4v) is 5.20. The van der Waals surface area contributed by atoms with E-state index < -0.39 is 22.5 Å². The van der Waals surface area contributed by atoms with Gasteiger partial charge in [0.2, 0.25) is 10.0 Å². The Morgan fingerprint density at radius 2 is 1.82 bits per heavy atom. The molecule has 11 heteroatoms. The van der Waals surface area contributed by atoms with Crippen LogP contribution >= 0.6 is 0 Å². The van der Waals surface area contributed by atoms with Crippen LogP contribution in [-0.4, -0.2) is 69.7 Å². The Morgan fingerprint density at radius 3 is 2.53 bits per heavy atom. The van der Waals surface area contributed by atoms with Crippen LogP contribution in [0.15, 0.2) is 58.6 Å². The van der Waals surface area contributed by atoms with E-state index in [2.05, 4.69) is 10.5 Å². The number of para-hydroxylation sites is 1. The molecule has 34 heavy (non-hydrogen) atoms. The van der Waals surface area contributed by atoms with E-state index in [1.165, 1.54) is 28.6 Å². The number of nitrogens with one attached hydrogen (secondary N) is 1. The number of oxime groups is 1. The number of morpholine rings is 1. The fourth-order valence-electron chi connectivity index (χ4n) is 3.79. The van der Waals surface area contributed by atoms with Crippen LogP contribution in [0.1, 0.15) is 18.9 Å². The lowest BCUT2D eigenvalue weighted by molar-refractivity contribution is -0.121. The zero-order valence-electron chi connectivity index (χ0n) is 18.8. The Morgan fingerprint density at radius 1 is 1.12 bits per heavy atom. The quantitative estimate of drug-likeness (QED) is 0.569. The second-order valence-electron chi connectivity index (χ2n) is 7.78. The molecule has 0 spiro atoms. The summed E-state index contributed by atoms with van der Waals surface area (Å²) in [5.41, 5.74) is 2.01. The number of ether oxygens (including phenoxy) is 1. The van der Waals surface area contributed by atoms with E-state index in [9.17, 15) is 18.0 Å². The minimum absolute atomic E-state index is 0.144. The minimum Gasteiger partial charge on any atom is -0.385 e. The van der Waals surface area contributed by atoms with Gasteiger partial charge in [-0.1, -0.05) is 30.3 Å². The third-order valence-corrected chi connectivity index (χ3v) is 7.36. The van der Waals surface area contributed by atoms with Crippen molar-refractivity contribution in [2.24, 2.45) is 5.16 Å². The monoisotopic (exact) mass is 486 g/mol. The lowest BCUT2D eigenvalue weighted by Gasteiger charge is -2.26. The first-order valence-corrected chi connectivity index (χ1v) is 12.4. The van der Waals surface area contributed by atoms with E-state index in [1.54, 1.807) is 11.0 Å². The average molecular weight is 487 g/mol. The molecule has 2 heterocycles. The number of sulfonamides is 1. The molecular weight excluding hydrogens is 460 g/mol. The summed E-state index contributed by atoms with van der Waals surface area (Å²) in [7, 11) is -3.61. The van der Waals surface area contributed by atoms with Crippen molar-refractivity contribution >= 4 is 38.9 Å². The molecule has 0 saturated carbocycles. The topological polar surface area (TPSA) is 118 Å². The second-order valence-corrected chi connectivity index (χ2v) is 9.71. The van der Waals surface area contributed by atoms with Crippen molar-refractivity contribution in [1.82, 2.24) is 4.31 Å². The fraction of sp³-hybridized carbons (Fsp3) is 0.348. The van der Waals surface area contributed by atoms with Crippen LogP contribution in [0, 0.1) is 0 Å². The Labute approximate surface area is 198 Å². The van der Waals surface area contributed by atoms with E-state index in [4.69, 9.17) is 9.57 Å². The number of carbonyl (C=O) groups is 2. The summed E-state index contributed by atoms with van der Waals surface area (Å²) < 4.78 is 31.9. The molecule has 0 aromatic heterocycles. The van der Waals surface area contributed by atoms with Gasteiger partial charge >= 0.3 is 0 Å². The molecule has 2 aromatic rings. The number of hydrogen-bond acceptors (Lipinski definition) is 7. The number of carbonyl (C=O) groups excluding carboxylic acids is 2. The van der Waals surface area contributed by atoms with Gasteiger partial charge in [0.15, 0.2) is 12.3 Å². The number of fused-ring (bicyclic) bond motifs is 1. The Kier molecular flexibility index (Phi) is 7.25. The summed E-state index contributed by atoms with van der Waals surface area (Å²) in [5, 5.41) is 6.56. The highest BCUT2D eigenvalue weighted by molar-refractivity contribution is 7.89. The normalized spacial score (nSPS) is 17.6. The lowest BCUT2D eigenvalue weighted by Crippen LogP contribution is -2.40. The van der Waals surface area contributed by atoms with Crippen LogP contribution in [0.25, 0.3) is 0 Å². The Hall–Kier alpha value is -3.28. The van der Waals surface area contributed by atoms with Gasteiger partial charge in [0.25, 0.3) is 11.8 Å². The summed E-state index contributed by atoms with van der Waals surface area (Å²) in [6.45, 7) is 3.49. The number of rotatable bonds is 8. The van der Waals surface area contributed by atoms with E-state index in [1.807, 2.05) is 25.1 Å². The molecule has 2 aromatic carbocycles. The van der Waals surface area contributed by atoms with Crippen LogP contribution in [-0.2, 0) is 29.2 Å². The molecular formula is C23H26N4O6S. The van der Waals surface area contributed by atoms with Crippen molar-refractivity contribution in [1.29, 1.82) is 0 Å². The molecule has 0 radical (unpaired) electrons. The Balaban J connectivity index is 1.35. The summed E-state index contributed by atoms with van der Waals surface area (Å²) in [6.07, 6.45) is 0.795. The van der Waals surface area contributed by atoms with Crippen molar-refractivity contribution < 1.29 is 27.6 Å². The third-order valence-electron chi connectivity index (χ3n) is 5.44. The average Bonchev–Trinajstić information content (AvgIpc) is 3.11. The summed E-state index contributed by atoms with van der Waals surface area (Å²) in [5.74, 6) is -0.752. The molecule has 2 aliphatic rings. The van der Waals surface area contributed by atoms with Gasteiger partial charge in [-0.3, -0.25) is 9.59 Å². The van der Waals surface area contributed by atoms with E-state index >= 15 is 0 Å². The van der Waals surface area contributed by atoms with Gasteiger partial charge in [0.1, 0.15) is 0 Å². The molecule has 0 atom stereocenters. The highest BCUT2D eigenvalue weighted by Crippen LogP contribution is 2.29. The van der Waals surface area contributed by atoms with Gasteiger partial charge in [-0.05, 0) is 36.8 Å². The SMILES string of the molecule is CCCN1C(=O)/C(=N\OCC(=O)Nc2ccc(S(=O)(=O)N3CCOCC3)cc2)c2ccccc21. The van der Waals surface area contributed by atoms with E-state index in [0.29, 0.717) is 44.1 Å². The molecule has 4 rings (SSSR count). The van der Waals surface area contributed by atoms with Crippen LogP contribution in [0.2, 0.25) is 0 Å². The molecule has 180 valence electrons. The van der Waals surface area contributed by atoms with Gasteiger partial charge < -0.3 is 19.8 Å². The number of anilines is 2. The van der Waals surface area contributed by atoms with Crippen LogP contribution in [0.4, 0.5) is 11.4 Å².